The molecule has 2 rings (SSSR count). The average molecular weight is 343 g/mol. The minimum atomic E-state index is -0.244. The van der Waals surface area contributed by atoms with Gasteiger partial charge in [0.1, 0.15) is 5.82 Å². The molecule has 0 fully saturated rings. The molecule has 19 heavy (non-hydrogen) atoms. The Kier molecular flexibility index (Phi) is 4.97. The van der Waals surface area contributed by atoms with Crippen LogP contribution in [-0.2, 0) is 6.42 Å². The highest BCUT2D eigenvalue weighted by atomic mass is 79.9. The topological polar surface area (TPSA) is 26.0 Å². The maximum absolute atomic E-state index is 13.4. The van der Waals surface area contributed by atoms with E-state index in [0.29, 0.717) is 18.0 Å². The highest BCUT2D eigenvalue weighted by Gasteiger charge is 2.12. The lowest BCUT2D eigenvalue weighted by atomic mass is 9.92. The molecule has 0 amide bonds. The number of halogens is 3. The van der Waals surface area contributed by atoms with Gasteiger partial charge in [-0.2, -0.15) is 0 Å². The molecule has 1 nitrogen and oxygen atoms in total. The minimum absolute atomic E-state index is 0.132. The Bertz CT molecular complexity index is 554. The number of nitrogens with two attached hydrogens (primary N) is 1. The van der Waals surface area contributed by atoms with Crippen molar-refractivity contribution in [3.05, 3.63) is 68.9 Å². The van der Waals surface area contributed by atoms with Gasteiger partial charge in [0.25, 0.3) is 0 Å². The lowest BCUT2D eigenvalue weighted by Crippen LogP contribution is -2.15. The first-order valence-corrected chi connectivity index (χ1v) is 7.16. The van der Waals surface area contributed by atoms with Gasteiger partial charge in [0.2, 0.25) is 0 Å². The quantitative estimate of drug-likeness (QED) is 0.868. The standard InChI is InChI=1S/C15H14BrClFN/c16-13-5-10(6-15(18)8-13)4-12(9-19)11-2-1-3-14(17)7-11/h1-3,5-8,12H,4,9,19H2. The Hall–Kier alpha value is -0.900. The zero-order chi connectivity index (χ0) is 13.8. The second-order valence-electron chi connectivity index (χ2n) is 4.47. The van der Waals surface area contributed by atoms with Gasteiger partial charge in [-0.05, 0) is 54.4 Å². The van der Waals surface area contributed by atoms with Crippen LogP contribution in [0, 0.1) is 5.82 Å². The number of hydrogen-bond donors (Lipinski definition) is 1. The van der Waals surface area contributed by atoms with Gasteiger partial charge in [0, 0.05) is 15.4 Å². The highest BCUT2D eigenvalue weighted by molar-refractivity contribution is 9.10. The summed E-state index contributed by atoms with van der Waals surface area (Å²) >= 11 is 9.29. The van der Waals surface area contributed by atoms with Gasteiger partial charge in [-0.3, -0.25) is 0 Å². The van der Waals surface area contributed by atoms with E-state index in [1.165, 1.54) is 12.1 Å². The molecule has 0 radical (unpaired) electrons. The van der Waals surface area contributed by atoms with Gasteiger partial charge >= 0.3 is 0 Å². The Labute approximate surface area is 125 Å². The van der Waals surface area contributed by atoms with Gasteiger partial charge in [0.15, 0.2) is 0 Å². The molecule has 0 aliphatic heterocycles. The summed E-state index contributed by atoms with van der Waals surface area (Å²) in [5.74, 6) is -0.112. The summed E-state index contributed by atoms with van der Waals surface area (Å²) in [6, 6.07) is 12.5. The highest BCUT2D eigenvalue weighted by Crippen LogP contribution is 2.24. The van der Waals surface area contributed by atoms with Crippen molar-refractivity contribution < 1.29 is 4.39 Å². The van der Waals surface area contributed by atoms with Crippen molar-refractivity contribution >= 4 is 27.5 Å². The van der Waals surface area contributed by atoms with E-state index >= 15 is 0 Å². The fourth-order valence-corrected chi connectivity index (χ4v) is 2.82. The number of benzene rings is 2. The van der Waals surface area contributed by atoms with Crippen LogP contribution < -0.4 is 5.73 Å². The van der Waals surface area contributed by atoms with Crippen LogP contribution in [0.4, 0.5) is 4.39 Å². The maximum atomic E-state index is 13.4. The summed E-state index contributed by atoms with van der Waals surface area (Å²) in [6.45, 7) is 0.495. The smallest absolute Gasteiger partial charge is 0.124 e. The largest absolute Gasteiger partial charge is 0.330 e. The summed E-state index contributed by atoms with van der Waals surface area (Å²) < 4.78 is 14.1. The molecule has 0 saturated carbocycles. The van der Waals surface area contributed by atoms with Crippen molar-refractivity contribution in [2.24, 2.45) is 5.73 Å². The van der Waals surface area contributed by atoms with E-state index in [2.05, 4.69) is 15.9 Å². The lowest BCUT2D eigenvalue weighted by molar-refractivity contribution is 0.620. The molecule has 0 saturated heterocycles. The molecule has 0 spiro atoms. The van der Waals surface area contributed by atoms with E-state index in [-0.39, 0.29) is 11.7 Å². The van der Waals surface area contributed by atoms with E-state index in [0.717, 1.165) is 15.6 Å². The van der Waals surface area contributed by atoms with E-state index in [1.54, 1.807) is 0 Å². The predicted octanol–water partition coefficient (Wildman–Crippen LogP) is 4.53. The molecular formula is C15H14BrClFN. The fourth-order valence-electron chi connectivity index (χ4n) is 2.11. The van der Waals surface area contributed by atoms with Crippen LogP contribution in [0.5, 0.6) is 0 Å². The zero-order valence-corrected chi connectivity index (χ0v) is 12.6. The molecule has 1 unspecified atom stereocenters. The molecule has 2 aromatic rings. The van der Waals surface area contributed by atoms with E-state index in [1.807, 2.05) is 30.3 Å². The summed E-state index contributed by atoms with van der Waals surface area (Å²) in [5.41, 5.74) is 7.83. The summed E-state index contributed by atoms with van der Waals surface area (Å²) in [5, 5.41) is 0.691. The first-order chi connectivity index (χ1) is 9.08. The van der Waals surface area contributed by atoms with E-state index in [4.69, 9.17) is 17.3 Å². The molecule has 0 bridgehead atoms. The van der Waals surface area contributed by atoms with Crippen molar-refractivity contribution in [1.29, 1.82) is 0 Å². The van der Waals surface area contributed by atoms with Crippen molar-refractivity contribution in [1.82, 2.24) is 0 Å². The predicted molar refractivity (Wildman–Crippen MR) is 81.1 cm³/mol. The van der Waals surface area contributed by atoms with E-state index < -0.39 is 0 Å². The van der Waals surface area contributed by atoms with Gasteiger partial charge in [-0.25, -0.2) is 4.39 Å². The molecule has 2 N–H and O–H groups in total. The molecule has 1 atom stereocenters. The van der Waals surface area contributed by atoms with Crippen molar-refractivity contribution in [3.63, 3.8) is 0 Å². The van der Waals surface area contributed by atoms with Crippen LogP contribution in [0.2, 0.25) is 5.02 Å². The van der Waals surface area contributed by atoms with Crippen molar-refractivity contribution in [3.8, 4) is 0 Å². The first kappa shape index (κ1) is 14.5. The Morgan fingerprint density at radius 1 is 1.21 bits per heavy atom. The molecule has 100 valence electrons. The SMILES string of the molecule is NCC(Cc1cc(F)cc(Br)c1)c1cccc(Cl)c1. The fraction of sp³-hybridized carbons (Fsp3) is 0.200. The van der Waals surface area contributed by atoms with Crippen molar-refractivity contribution in [2.75, 3.05) is 6.54 Å². The maximum Gasteiger partial charge on any atom is 0.124 e. The molecule has 0 heterocycles. The summed E-state index contributed by atoms with van der Waals surface area (Å²) in [6.07, 6.45) is 0.688. The molecule has 4 heteroatoms. The Balaban J connectivity index is 2.23. The second-order valence-corrected chi connectivity index (χ2v) is 5.82. The monoisotopic (exact) mass is 341 g/mol. The molecular weight excluding hydrogens is 329 g/mol. The van der Waals surface area contributed by atoms with Crippen LogP contribution in [-0.4, -0.2) is 6.54 Å². The first-order valence-electron chi connectivity index (χ1n) is 5.99. The van der Waals surface area contributed by atoms with Gasteiger partial charge in [-0.15, -0.1) is 0 Å². The third-order valence-corrected chi connectivity index (χ3v) is 3.70. The van der Waals surface area contributed by atoms with Crippen LogP contribution in [0.15, 0.2) is 46.9 Å². The number of rotatable bonds is 4. The second kappa shape index (κ2) is 6.51. The zero-order valence-electron chi connectivity index (χ0n) is 10.2. The Morgan fingerprint density at radius 3 is 2.63 bits per heavy atom. The van der Waals surface area contributed by atoms with E-state index in [9.17, 15) is 4.39 Å². The van der Waals surface area contributed by atoms with Crippen LogP contribution in [0.25, 0.3) is 0 Å². The van der Waals surface area contributed by atoms with Crippen LogP contribution >= 0.6 is 27.5 Å². The normalized spacial score (nSPS) is 12.4. The summed E-state index contributed by atoms with van der Waals surface area (Å²) in [4.78, 5) is 0. The molecule has 2 aromatic carbocycles. The van der Waals surface area contributed by atoms with Crippen LogP contribution in [0.1, 0.15) is 17.0 Å². The molecule has 0 aliphatic carbocycles. The average Bonchev–Trinajstić information content (AvgIpc) is 2.34. The van der Waals surface area contributed by atoms with Crippen LogP contribution in [0.3, 0.4) is 0 Å². The van der Waals surface area contributed by atoms with Crippen molar-refractivity contribution in [2.45, 2.75) is 12.3 Å². The number of hydrogen-bond acceptors (Lipinski definition) is 1. The third kappa shape index (κ3) is 4.03. The van der Waals surface area contributed by atoms with Gasteiger partial charge in [0.05, 0.1) is 0 Å². The third-order valence-electron chi connectivity index (χ3n) is 3.01. The van der Waals surface area contributed by atoms with Gasteiger partial charge < -0.3 is 5.73 Å². The lowest BCUT2D eigenvalue weighted by Gasteiger charge is -2.16. The molecule has 0 aliphatic rings. The Morgan fingerprint density at radius 2 is 2.00 bits per heavy atom. The van der Waals surface area contributed by atoms with Gasteiger partial charge in [-0.1, -0.05) is 39.7 Å². The summed E-state index contributed by atoms with van der Waals surface area (Å²) in [7, 11) is 0. The molecule has 0 aromatic heterocycles. The minimum Gasteiger partial charge on any atom is -0.330 e.